The normalized spacial score (nSPS) is 13.6. The Labute approximate surface area is 130 Å². The Morgan fingerprint density at radius 2 is 2.05 bits per heavy atom. The fourth-order valence-corrected chi connectivity index (χ4v) is 2.60. The molecule has 2 N–H and O–H groups in total. The first-order valence-electron chi connectivity index (χ1n) is 7.50. The van der Waals surface area contributed by atoms with Gasteiger partial charge in [-0.15, -0.1) is 0 Å². The molecule has 22 heavy (non-hydrogen) atoms. The van der Waals surface area contributed by atoms with E-state index in [0.717, 1.165) is 23.9 Å². The van der Waals surface area contributed by atoms with Crippen molar-refractivity contribution in [1.29, 1.82) is 0 Å². The summed E-state index contributed by atoms with van der Waals surface area (Å²) >= 11 is 0. The highest BCUT2D eigenvalue weighted by Crippen LogP contribution is 2.14. The molecule has 0 spiro atoms. The molecule has 1 aliphatic heterocycles. The van der Waals surface area contributed by atoms with Gasteiger partial charge in [0, 0.05) is 17.9 Å². The average molecular weight is 295 g/mol. The highest BCUT2D eigenvalue weighted by molar-refractivity contribution is 6.61. The Bertz CT molecular complexity index is 685. The summed E-state index contributed by atoms with van der Waals surface area (Å²) in [4.78, 5) is 12.3. The van der Waals surface area contributed by atoms with E-state index in [-0.39, 0.29) is 5.91 Å². The molecule has 0 fully saturated rings. The molecule has 2 aromatic carbocycles. The molecule has 0 bridgehead atoms. The van der Waals surface area contributed by atoms with E-state index < -0.39 is 7.12 Å². The average Bonchev–Trinajstić information content (AvgIpc) is 2.55. The van der Waals surface area contributed by atoms with E-state index in [4.69, 9.17) is 4.65 Å². The van der Waals surface area contributed by atoms with Gasteiger partial charge in [-0.25, -0.2) is 0 Å². The van der Waals surface area contributed by atoms with Crippen molar-refractivity contribution in [3.63, 3.8) is 0 Å². The Morgan fingerprint density at radius 1 is 1.27 bits per heavy atom. The number of hydrogen-bond donors (Lipinski definition) is 2. The quantitative estimate of drug-likeness (QED) is 0.848. The third-order valence-corrected chi connectivity index (χ3v) is 3.94. The van der Waals surface area contributed by atoms with Crippen molar-refractivity contribution in [3.05, 3.63) is 59.2 Å². The smallest absolute Gasteiger partial charge is 0.423 e. The topological polar surface area (TPSA) is 58.6 Å². The first kappa shape index (κ1) is 14.8. The third kappa shape index (κ3) is 3.05. The van der Waals surface area contributed by atoms with E-state index in [1.807, 2.05) is 36.4 Å². The molecule has 0 radical (unpaired) electrons. The van der Waals surface area contributed by atoms with Gasteiger partial charge in [0.25, 0.3) is 5.91 Å². The van der Waals surface area contributed by atoms with Crippen LogP contribution in [0.15, 0.2) is 42.5 Å². The van der Waals surface area contributed by atoms with Crippen LogP contribution in [0.5, 0.6) is 0 Å². The van der Waals surface area contributed by atoms with Crippen LogP contribution in [-0.2, 0) is 17.5 Å². The number of carbonyl (C=O) groups is 1. The van der Waals surface area contributed by atoms with E-state index in [1.54, 1.807) is 6.07 Å². The lowest BCUT2D eigenvalue weighted by atomic mass is 9.73. The molecule has 4 nitrogen and oxygen atoms in total. The zero-order valence-electron chi connectivity index (χ0n) is 12.5. The number of hydrogen-bond acceptors (Lipinski definition) is 3. The van der Waals surface area contributed by atoms with Crippen LogP contribution in [0, 0.1) is 0 Å². The molecule has 0 aromatic heterocycles. The molecule has 5 heteroatoms. The zero-order valence-corrected chi connectivity index (χ0v) is 12.5. The molecular weight excluding hydrogens is 277 g/mol. The summed E-state index contributed by atoms with van der Waals surface area (Å²) in [6, 6.07) is 13.1. The van der Waals surface area contributed by atoms with Crippen molar-refractivity contribution in [2.45, 2.75) is 19.8 Å². The van der Waals surface area contributed by atoms with Gasteiger partial charge in [0.05, 0.1) is 0 Å². The molecule has 0 saturated heterocycles. The Hall–Kier alpha value is -2.11. The number of anilines is 1. The monoisotopic (exact) mass is 295 g/mol. The minimum absolute atomic E-state index is 0.158. The maximum Gasteiger partial charge on any atom is 0.491 e. The van der Waals surface area contributed by atoms with E-state index in [0.29, 0.717) is 17.9 Å². The number of nitrogens with one attached hydrogen (secondary N) is 1. The van der Waals surface area contributed by atoms with Crippen molar-refractivity contribution in [2.24, 2.45) is 0 Å². The standard InChI is InChI=1S/C17H18BNO3/c1-2-12-3-5-14(6-4-12)17(20)19-15-8-7-13-9-10-22-18(21)16(13)11-15/h3-8,11,21H,2,9-10H2,1H3,(H,19,20). The van der Waals surface area contributed by atoms with Gasteiger partial charge in [0.15, 0.2) is 0 Å². The molecule has 112 valence electrons. The molecule has 0 aliphatic carbocycles. The van der Waals surface area contributed by atoms with Crippen LogP contribution in [-0.4, -0.2) is 24.7 Å². The molecule has 1 aliphatic rings. The molecule has 1 amide bonds. The maximum atomic E-state index is 12.3. The summed E-state index contributed by atoms with van der Waals surface area (Å²) in [5.41, 5.74) is 4.26. The van der Waals surface area contributed by atoms with Crippen molar-refractivity contribution in [2.75, 3.05) is 11.9 Å². The van der Waals surface area contributed by atoms with Gasteiger partial charge < -0.3 is 15.0 Å². The largest absolute Gasteiger partial charge is 0.491 e. The molecular formula is C17H18BNO3. The highest BCUT2D eigenvalue weighted by Gasteiger charge is 2.25. The van der Waals surface area contributed by atoms with Crippen molar-refractivity contribution in [3.8, 4) is 0 Å². The lowest BCUT2D eigenvalue weighted by Crippen LogP contribution is -2.41. The van der Waals surface area contributed by atoms with E-state index in [1.165, 1.54) is 5.56 Å². The second-order valence-corrected chi connectivity index (χ2v) is 5.39. The molecule has 3 rings (SSSR count). The Kier molecular flexibility index (Phi) is 4.27. The van der Waals surface area contributed by atoms with Gasteiger partial charge in [-0.05, 0) is 53.7 Å². The van der Waals surface area contributed by atoms with Gasteiger partial charge in [-0.2, -0.15) is 0 Å². The Morgan fingerprint density at radius 3 is 2.77 bits per heavy atom. The SMILES string of the molecule is CCc1ccc(C(=O)Nc2ccc3c(c2)B(O)OCC3)cc1. The van der Waals surface area contributed by atoms with Crippen LogP contribution in [0.25, 0.3) is 0 Å². The third-order valence-electron chi connectivity index (χ3n) is 3.94. The van der Waals surface area contributed by atoms with Crippen LogP contribution >= 0.6 is 0 Å². The van der Waals surface area contributed by atoms with Crippen LogP contribution in [0.4, 0.5) is 5.69 Å². The van der Waals surface area contributed by atoms with Gasteiger partial charge in [0.2, 0.25) is 0 Å². The molecule has 1 heterocycles. The summed E-state index contributed by atoms with van der Waals surface area (Å²) in [7, 11) is -0.913. The summed E-state index contributed by atoms with van der Waals surface area (Å²) < 4.78 is 5.22. The highest BCUT2D eigenvalue weighted by atomic mass is 16.5. The predicted octanol–water partition coefficient (Wildman–Crippen LogP) is 1.76. The lowest BCUT2D eigenvalue weighted by Gasteiger charge is -2.19. The minimum atomic E-state index is -0.913. The summed E-state index contributed by atoms with van der Waals surface area (Å²) in [5, 5.41) is 12.7. The second-order valence-electron chi connectivity index (χ2n) is 5.39. The first-order chi connectivity index (χ1) is 10.7. The number of carbonyl (C=O) groups excluding carboxylic acids is 1. The fraction of sp³-hybridized carbons (Fsp3) is 0.235. The van der Waals surface area contributed by atoms with Crippen molar-refractivity contribution >= 4 is 24.2 Å². The number of rotatable bonds is 3. The Balaban J connectivity index is 1.77. The summed E-state index contributed by atoms with van der Waals surface area (Å²) in [6.07, 6.45) is 1.73. The van der Waals surface area contributed by atoms with Crippen LogP contribution in [0.2, 0.25) is 0 Å². The van der Waals surface area contributed by atoms with Gasteiger partial charge in [-0.3, -0.25) is 4.79 Å². The molecule has 2 aromatic rings. The number of aryl methyl sites for hydroxylation is 1. The van der Waals surface area contributed by atoms with E-state index >= 15 is 0 Å². The number of fused-ring (bicyclic) bond motifs is 1. The zero-order chi connectivity index (χ0) is 15.5. The van der Waals surface area contributed by atoms with E-state index in [2.05, 4.69) is 12.2 Å². The van der Waals surface area contributed by atoms with Gasteiger partial charge >= 0.3 is 7.12 Å². The second kappa shape index (κ2) is 6.34. The van der Waals surface area contributed by atoms with Crippen LogP contribution in [0.3, 0.4) is 0 Å². The lowest BCUT2D eigenvalue weighted by molar-refractivity contribution is 0.102. The number of benzene rings is 2. The summed E-state index contributed by atoms with van der Waals surface area (Å²) in [6.45, 7) is 2.60. The minimum Gasteiger partial charge on any atom is -0.423 e. The van der Waals surface area contributed by atoms with Crippen LogP contribution in [0.1, 0.15) is 28.4 Å². The van der Waals surface area contributed by atoms with Gasteiger partial charge in [0.1, 0.15) is 0 Å². The summed E-state index contributed by atoms with van der Waals surface area (Å²) in [5.74, 6) is -0.158. The first-order valence-corrected chi connectivity index (χ1v) is 7.50. The molecule has 0 unspecified atom stereocenters. The number of amides is 1. The fourth-order valence-electron chi connectivity index (χ4n) is 2.60. The maximum absolute atomic E-state index is 12.3. The van der Waals surface area contributed by atoms with Crippen LogP contribution < -0.4 is 10.8 Å². The van der Waals surface area contributed by atoms with Crippen molar-refractivity contribution in [1.82, 2.24) is 0 Å². The molecule has 0 saturated carbocycles. The van der Waals surface area contributed by atoms with Crippen molar-refractivity contribution < 1.29 is 14.5 Å². The van der Waals surface area contributed by atoms with E-state index in [9.17, 15) is 9.82 Å². The molecule has 0 atom stereocenters. The predicted molar refractivity (Wildman–Crippen MR) is 87.5 cm³/mol. The van der Waals surface area contributed by atoms with Gasteiger partial charge in [-0.1, -0.05) is 25.1 Å².